The summed E-state index contributed by atoms with van der Waals surface area (Å²) in [6, 6.07) is 8.38. The summed E-state index contributed by atoms with van der Waals surface area (Å²) in [6.45, 7) is 1.61. The second-order valence-corrected chi connectivity index (χ2v) is 6.05. The van der Waals surface area contributed by atoms with Crippen LogP contribution in [0.1, 0.15) is 29.0 Å². The van der Waals surface area contributed by atoms with Crippen LogP contribution in [0.3, 0.4) is 0 Å². The van der Waals surface area contributed by atoms with Gasteiger partial charge in [0, 0.05) is 17.6 Å². The Balaban J connectivity index is 1.66. The molecular formula is C16H19ClN4O2. The molecule has 122 valence electrons. The first kappa shape index (κ1) is 16.0. The Kier molecular flexibility index (Phi) is 4.93. The molecule has 2 heterocycles. The maximum atomic E-state index is 11.4. The first-order valence-corrected chi connectivity index (χ1v) is 8.00. The fourth-order valence-electron chi connectivity index (χ4n) is 2.96. The van der Waals surface area contributed by atoms with Gasteiger partial charge in [-0.25, -0.2) is 14.5 Å². The zero-order valence-corrected chi connectivity index (χ0v) is 13.7. The maximum Gasteiger partial charge on any atom is 0.377 e. The van der Waals surface area contributed by atoms with Crippen molar-refractivity contribution in [3.05, 3.63) is 47.0 Å². The highest BCUT2D eigenvalue weighted by atomic mass is 35.5. The van der Waals surface area contributed by atoms with Gasteiger partial charge < -0.3 is 4.74 Å². The lowest BCUT2D eigenvalue weighted by molar-refractivity contribution is 0.0585. The molecule has 6 nitrogen and oxygen atoms in total. The third-order valence-corrected chi connectivity index (χ3v) is 4.51. The van der Waals surface area contributed by atoms with Crippen LogP contribution in [0.5, 0.6) is 0 Å². The normalized spacial score (nSPS) is 18.3. The summed E-state index contributed by atoms with van der Waals surface area (Å²) < 4.78 is 6.31. The van der Waals surface area contributed by atoms with Crippen molar-refractivity contribution in [2.75, 3.05) is 13.7 Å². The quantitative estimate of drug-likeness (QED) is 0.786. The van der Waals surface area contributed by atoms with Crippen LogP contribution in [0, 0.1) is 0 Å². The molecule has 0 amide bonds. The van der Waals surface area contributed by atoms with Crippen molar-refractivity contribution in [1.29, 1.82) is 0 Å². The molecule has 0 N–H and O–H groups in total. The molecule has 1 aromatic heterocycles. The largest absolute Gasteiger partial charge is 0.463 e. The lowest BCUT2D eigenvalue weighted by Gasteiger charge is -2.24. The van der Waals surface area contributed by atoms with Crippen LogP contribution in [0.25, 0.3) is 0 Å². The molecule has 7 heteroatoms. The molecule has 1 fully saturated rings. The Bertz CT molecular complexity index is 688. The van der Waals surface area contributed by atoms with Gasteiger partial charge in [-0.3, -0.25) is 4.90 Å². The molecule has 1 aliphatic rings. The van der Waals surface area contributed by atoms with E-state index in [1.54, 1.807) is 11.0 Å². The number of likely N-dealkylation sites (tertiary alicyclic amines) is 1. The van der Waals surface area contributed by atoms with Gasteiger partial charge in [-0.2, -0.15) is 0 Å². The zero-order valence-electron chi connectivity index (χ0n) is 13.0. The molecule has 1 aliphatic heterocycles. The Morgan fingerprint density at radius 3 is 3.04 bits per heavy atom. The molecular weight excluding hydrogens is 316 g/mol. The van der Waals surface area contributed by atoms with Crippen molar-refractivity contribution in [3.63, 3.8) is 0 Å². The monoisotopic (exact) mass is 334 g/mol. The number of rotatable bonds is 5. The van der Waals surface area contributed by atoms with Crippen LogP contribution < -0.4 is 0 Å². The maximum absolute atomic E-state index is 11.4. The van der Waals surface area contributed by atoms with E-state index >= 15 is 0 Å². The van der Waals surface area contributed by atoms with Crippen LogP contribution in [-0.2, 0) is 17.8 Å². The fraction of sp³-hybridized carbons (Fsp3) is 0.438. The lowest BCUT2D eigenvalue weighted by atomic mass is 10.0. The number of aromatic nitrogens is 3. The van der Waals surface area contributed by atoms with E-state index in [9.17, 15) is 4.79 Å². The van der Waals surface area contributed by atoms with E-state index in [-0.39, 0.29) is 5.82 Å². The van der Waals surface area contributed by atoms with E-state index in [4.69, 9.17) is 11.6 Å². The van der Waals surface area contributed by atoms with Crippen LogP contribution in [0.4, 0.5) is 0 Å². The number of carbonyl (C=O) groups excluding carboxylic acids is 1. The highest BCUT2D eigenvalue weighted by molar-refractivity contribution is 6.31. The van der Waals surface area contributed by atoms with Crippen LogP contribution in [0.15, 0.2) is 30.6 Å². The molecule has 1 saturated heterocycles. The average Bonchev–Trinajstić information content (AvgIpc) is 3.19. The highest BCUT2D eigenvalue weighted by Crippen LogP contribution is 2.25. The van der Waals surface area contributed by atoms with E-state index in [2.05, 4.69) is 25.8 Å². The summed E-state index contributed by atoms with van der Waals surface area (Å²) in [5, 5.41) is 4.98. The van der Waals surface area contributed by atoms with E-state index in [1.165, 1.54) is 12.7 Å². The summed E-state index contributed by atoms with van der Waals surface area (Å²) in [5.74, 6) is -0.424. The van der Waals surface area contributed by atoms with Crippen molar-refractivity contribution in [2.45, 2.75) is 32.0 Å². The van der Waals surface area contributed by atoms with Gasteiger partial charge in [0.25, 0.3) is 5.82 Å². The van der Waals surface area contributed by atoms with Crippen molar-refractivity contribution in [1.82, 2.24) is 19.7 Å². The Morgan fingerprint density at radius 1 is 1.43 bits per heavy atom. The predicted octanol–water partition coefficient (Wildman–Crippen LogP) is 2.38. The Hall–Kier alpha value is -1.92. The Morgan fingerprint density at radius 2 is 2.26 bits per heavy atom. The number of carbonyl (C=O) groups is 1. The van der Waals surface area contributed by atoms with Crippen molar-refractivity contribution >= 4 is 17.6 Å². The van der Waals surface area contributed by atoms with E-state index < -0.39 is 5.97 Å². The number of nitrogens with zero attached hydrogens (tertiary/aromatic N) is 4. The summed E-state index contributed by atoms with van der Waals surface area (Å²) >= 11 is 6.27. The Labute approximate surface area is 140 Å². The average molecular weight is 335 g/mol. The number of esters is 1. The van der Waals surface area contributed by atoms with Gasteiger partial charge in [0.15, 0.2) is 0 Å². The number of benzene rings is 1. The van der Waals surface area contributed by atoms with Crippen LogP contribution in [0.2, 0.25) is 5.02 Å². The van der Waals surface area contributed by atoms with Gasteiger partial charge in [0.05, 0.1) is 13.8 Å². The van der Waals surface area contributed by atoms with Crippen molar-refractivity contribution in [2.24, 2.45) is 0 Å². The standard InChI is InChI=1S/C16H19ClN4O2/c1-23-16(22)15-18-10-21(19-15)11-20-8-4-6-13(20)9-12-5-2-3-7-14(12)17/h2-3,5,7,10,13H,4,6,8-9,11H2,1H3/t13-/m0/s1. The van der Waals surface area contributed by atoms with Crippen molar-refractivity contribution in [3.8, 4) is 0 Å². The zero-order chi connectivity index (χ0) is 16.2. The summed E-state index contributed by atoms with van der Waals surface area (Å²) in [7, 11) is 1.32. The minimum Gasteiger partial charge on any atom is -0.463 e. The smallest absolute Gasteiger partial charge is 0.377 e. The minimum absolute atomic E-state index is 0.0920. The molecule has 1 atom stereocenters. The van der Waals surface area contributed by atoms with E-state index in [1.807, 2.05) is 18.2 Å². The molecule has 0 spiro atoms. The first-order chi connectivity index (χ1) is 11.2. The molecule has 0 saturated carbocycles. The van der Waals surface area contributed by atoms with Crippen molar-refractivity contribution < 1.29 is 9.53 Å². The van der Waals surface area contributed by atoms with Gasteiger partial charge in [-0.15, -0.1) is 5.10 Å². The SMILES string of the molecule is COC(=O)c1ncn(CN2CCC[C@H]2Cc2ccccc2Cl)n1. The second-order valence-electron chi connectivity index (χ2n) is 5.64. The van der Waals surface area contributed by atoms with Gasteiger partial charge in [-0.05, 0) is 30.9 Å². The second kappa shape index (κ2) is 7.10. The number of halogens is 1. The molecule has 0 unspecified atom stereocenters. The van der Waals surface area contributed by atoms with Crippen LogP contribution >= 0.6 is 11.6 Å². The van der Waals surface area contributed by atoms with Crippen LogP contribution in [-0.4, -0.2) is 45.3 Å². The molecule has 0 bridgehead atoms. The van der Waals surface area contributed by atoms with Gasteiger partial charge in [0.1, 0.15) is 6.33 Å². The summed E-state index contributed by atoms with van der Waals surface area (Å²) in [6.07, 6.45) is 4.76. The first-order valence-electron chi connectivity index (χ1n) is 7.62. The third-order valence-electron chi connectivity index (χ3n) is 4.14. The van der Waals surface area contributed by atoms with E-state index in [0.717, 1.165) is 30.8 Å². The van der Waals surface area contributed by atoms with Gasteiger partial charge in [-0.1, -0.05) is 29.8 Å². The number of methoxy groups -OCH3 is 1. The van der Waals surface area contributed by atoms with Gasteiger partial charge in [0.2, 0.25) is 0 Å². The summed E-state index contributed by atoms with van der Waals surface area (Å²) in [5.41, 5.74) is 1.17. The molecule has 0 aliphatic carbocycles. The fourth-order valence-corrected chi connectivity index (χ4v) is 3.18. The molecule has 2 aromatic rings. The van der Waals surface area contributed by atoms with Gasteiger partial charge >= 0.3 is 5.97 Å². The molecule has 0 radical (unpaired) electrons. The predicted molar refractivity (Wildman–Crippen MR) is 86.2 cm³/mol. The number of hydrogen-bond acceptors (Lipinski definition) is 5. The third kappa shape index (κ3) is 3.71. The molecule has 3 rings (SSSR count). The highest BCUT2D eigenvalue weighted by Gasteiger charge is 2.26. The minimum atomic E-state index is -0.516. The summed E-state index contributed by atoms with van der Waals surface area (Å²) in [4.78, 5) is 17.7. The number of hydrogen-bond donors (Lipinski definition) is 0. The topological polar surface area (TPSA) is 60.2 Å². The number of ether oxygens (including phenoxy) is 1. The molecule has 23 heavy (non-hydrogen) atoms. The lowest BCUT2D eigenvalue weighted by Crippen LogP contribution is -2.33. The van der Waals surface area contributed by atoms with E-state index in [0.29, 0.717) is 12.7 Å². The molecule has 1 aromatic carbocycles.